The molecular weight excluding hydrogens is 209 g/mol. The fraction of sp³-hybridized carbons (Fsp3) is 0. The number of carbonyl (C=O) groups is 1. The highest BCUT2D eigenvalue weighted by molar-refractivity contribution is 6.03. The maximum absolute atomic E-state index is 12.7. The molecule has 0 atom stereocenters. The topological polar surface area (TPSA) is 54.9 Å². The van der Waals surface area contributed by atoms with Gasteiger partial charge < -0.3 is 5.32 Å². The first kappa shape index (κ1) is 10.2. The predicted molar refractivity (Wildman–Crippen MR) is 56.4 cm³/mol. The van der Waals surface area contributed by atoms with Gasteiger partial charge >= 0.3 is 0 Å². The summed E-state index contributed by atoms with van der Waals surface area (Å²) >= 11 is 0. The molecule has 0 aliphatic rings. The maximum atomic E-state index is 12.7. The van der Waals surface area contributed by atoms with Crippen molar-refractivity contribution in [1.29, 1.82) is 0 Å². The van der Waals surface area contributed by atoms with Crippen molar-refractivity contribution >= 4 is 11.7 Å². The first-order valence-corrected chi connectivity index (χ1v) is 4.59. The van der Waals surface area contributed by atoms with E-state index in [1.165, 1.54) is 24.4 Å². The Hall–Kier alpha value is -2.30. The van der Waals surface area contributed by atoms with E-state index < -0.39 is 5.95 Å². The van der Waals surface area contributed by atoms with Gasteiger partial charge in [-0.3, -0.25) is 9.78 Å². The zero-order valence-electron chi connectivity index (χ0n) is 8.22. The van der Waals surface area contributed by atoms with E-state index in [2.05, 4.69) is 15.3 Å². The van der Waals surface area contributed by atoms with Gasteiger partial charge in [0.1, 0.15) is 5.82 Å². The van der Waals surface area contributed by atoms with Gasteiger partial charge in [-0.05, 0) is 24.3 Å². The molecule has 0 fully saturated rings. The van der Waals surface area contributed by atoms with Gasteiger partial charge in [-0.15, -0.1) is 0 Å². The van der Waals surface area contributed by atoms with Gasteiger partial charge in [0.15, 0.2) is 0 Å². The van der Waals surface area contributed by atoms with Crippen LogP contribution in [0.1, 0.15) is 10.4 Å². The second-order valence-electron chi connectivity index (χ2n) is 3.04. The van der Waals surface area contributed by atoms with Crippen molar-refractivity contribution in [3.8, 4) is 0 Å². The van der Waals surface area contributed by atoms with E-state index in [1.54, 1.807) is 18.3 Å². The van der Waals surface area contributed by atoms with E-state index >= 15 is 0 Å². The molecule has 0 aliphatic carbocycles. The van der Waals surface area contributed by atoms with Crippen molar-refractivity contribution in [2.75, 3.05) is 5.32 Å². The van der Waals surface area contributed by atoms with Crippen molar-refractivity contribution in [2.24, 2.45) is 0 Å². The van der Waals surface area contributed by atoms with Gasteiger partial charge in [0.2, 0.25) is 5.95 Å². The molecule has 1 N–H and O–H groups in total. The first-order chi connectivity index (χ1) is 7.75. The Morgan fingerprint density at radius 1 is 1.25 bits per heavy atom. The normalized spacial score (nSPS) is 9.81. The standard InChI is InChI=1S/C11H8FN3O/c12-9-4-1-5-10(14-9)15-11(16)8-3-2-6-13-7-8/h1-7H,(H,14,15,16). The fourth-order valence-corrected chi connectivity index (χ4v) is 1.16. The SMILES string of the molecule is O=C(Nc1cccc(F)n1)c1cccnc1. The van der Waals surface area contributed by atoms with Crippen LogP contribution in [0.3, 0.4) is 0 Å². The summed E-state index contributed by atoms with van der Waals surface area (Å²) < 4.78 is 12.7. The van der Waals surface area contributed by atoms with Crippen LogP contribution >= 0.6 is 0 Å². The average molecular weight is 217 g/mol. The number of halogens is 1. The number of hydrogen-bond acceptors (Lipinski definition) is 3. The highest BCUT2D eigenvalue weighted by atomic mass is 19.1. The van der Waals surface area contributed by atoms with Crippen molar-refractivity contribution in [3.05, 3.63) is 54.2 Å². The van der Waals surface area contributed by atoms with E-state index in [1.807, 2.05) is 0 Å². The lowest BCUT2D eigenvalue weighted by atomic mass is 10.3. The van der Waals surface area contributed by atoms with Crippen LogP contribution in [0.2, 0.25) is 0 Å². The summed E-state index contributed by atoms with van der Waals surface area (Å²) in [4.78, 5) is 18.9. The number of carbonyl (C=O) groups excluding carboxylic acids is 1. The summed E-state index contributed by atoms with van der Waals surface area (Å²) in [5.74, 6) is -0.830. The molecule has 2 aromatic rings. The smallest absolute Gasteiger partial charge is 0.258 e. The molecule has 2 aromatic heterocycles. The van der Waals surface area contributed by atoms with Crippen LogP contribution in [0.5, 0.6) is 0 Å². The molecule has 0 unspecified atom stereocenters. The summed E-state index contributed by atoms with van der Waals surface area (Å²) in [7, 11) is 0. The number of nitrogens with zero attached hydrogens (tertiary/aromatic N) is 2. The summed E-state index contributed by atoms with van der Waals surface area (Å²) in [5.41, 5.74) is 0.397. The third kappa shape index (κ3) is 2.38. The number of rotatable bonds is 2. The number of nitrogens with one attached hydrogen (secondary N) is 1. The fourth-order valence-electron chi connectivity index (χ4n) is 1.16. The van der Waals surface area contributed by atoms with E-state index in [9.17, 15) is 9.18 Å². The van der Waals surface area contributed by atoms with Crippen molar-refractivity contribution < 1.29 is 9.18 Å². The zero-order valence-corrected chi connectivity index (χ0v) is 8.22. The summed E-state index contributed by atoms with van der Waals surface area (Å²) in [6.45, 7) is 0. The van der Waals surface area contributed by atoms with Crippen LogP contribution < -0.4 is 5.32 Å². The third-order valence-corrected chi connectivity index (χ3v) is 1.88. The van der Waals surface area contributed by atoms with Crippen LogP contribution in [0.25, 0.3) is 0 Å². The Bertz CT molecular complexity index is 502. The van der Waals surface area contributed by atoms with E-state index in [4.69, 9.17) is 0 Å². The molecule has 4 nitrogen and oxygen atoms in total. The van der Waals surface area contributed by atoms with Crippen LogP contribution in [0.15, 0.2) is 42.7 Å². The second kappa shape index (κ2) is 4.48. The lowest BCUT2D eigenvalue weighted by Gasteiger charge is -2.03. The monoisotopic (exact) mass is 217 g/mol. The van der Waals surface area contributed by atoms with Crippen LogP contribution in [0, 0.1) is 5.95 Å². The minimum atomic E-state index is -0.635. The highest BCUT2D eigenvalue weighted by Crippen LogP contribution is 2.06. The largest absolute Gasteiger partial charge is 0.306 e. The molecule has 0 saturated carbocycles. The zero-order chi connectivity index (χ0) is 11.4. The Morgan fingerprint density at radius 2 is 2.12 bits per heavy atom. The van der Waals surface area contributed by atoms with Gasteiger partial charge in [-0.25, -0.2) is 4.98 Å². The minimum absolute atomic E-state index is 0.175. The number of aromatic nitrogens is 2. The predicted octanol–water partition coefficient (Wildman–Crippen LogP) is 1.87. The molecule has 0 spiro atoms. The third-order valence-electron chi connectivity index (χ3n) is 1.88. The van der Waals surface area contributed by atoms with Gasteiger partial charge in [0.25, 0.3) is 5.91 Å². The quantitative estimate of drug-likeness (QED) is 0.781. The molecule has 2 rings (SSSR count). The van der Waals surface area contributed by atoms with E-state index in [-0.39, 0.29) is 11.7 Å². The minimum Gasteiger partial charge on any atom is -0.306 e. The Kier molecular flexibility index (Phi) is 2.86. The molecule has 80 valence electrons. The second-order valence-corrected chi connectivity index (χ2v) is 3.04. The summed E-state index contributed by atoms with van der Waals surface area (Å²) in [6, 6.07) is 7.45. The Balaban J connectivity index is 2.14. The van der Waals surface area contributed by atoms with Crippen LogP contribution in [0.4, 0.5) is 10.2 Å². The molecule has 0 radical (unpaired) electrons. The Labute approximate surface area is 91.2 Å². The molecule has 5 heteroatoms. The maximum Gasteiger partial charge on any atom is 0.258 e. The van der Waals surface area contributed by atoms with Crippen molar-refractivity contribution in [2.45, 2.75) is 0 Å². The summed E-state index contributed by atoms with van der Waals surface area (Å²) in [5, 5.41) is 2.47. The van der Waals surface area contributed by atoms with Gasteiger partial charge in [0, 0.05) is 12.4 Å². The average Bonchev–Trinajstić information content (AvgIpc) is 2.30. The van der Waals surface area contributed by atoms with Crippen molar-refractivity contribution in [3.63, 3.8) is 0 Å². The summed E-state index contributed by atoms with van der Waals surface area (Å²) in [6.07, 6.45) is 2.99. The number of anilines is 1. The van der Waals surface area contributed by atoms with Crippen molar-refractivity contribution in [1.82, 2.24) is 9.97 Å². The van der Waals surface area contributed by atoms with Gasteiger partial charge in [-0.2, -0.15) is 4.39 Å². The number of hydrogen-bond donors (Lipinski definition) is 1. The number of amides is 1. The lowest BCUT2D eigenvalue weighted by Crippen LogP contribution is -2.13. The van der Waals surface area contributed by atoms with Crippen LogP contribution in [-0.4, -0.2) is 15.9 Å². The van der Waals surface area contributed by atoms with E-state index in [0.29, 0.717) is 5.56 Å². The first-order valence-electron chi connectivity index (χ1n) is 4.59. The van der Waals surface area contributed by atoms with Gasteiger partial charge in [0.05, 0.1) is 5.56 Å². The lowest BCUT2D eigenvalue weighted by molar-refractivity contribution is 0.102. The molecule has 0 aliphatic heterocycles. The molecule has 0 bridgehead atoms. The molecule has 0 aromatic carbocycles. The molecular formula is C11H8FN3O. The highest BCUT2D eigenvalue weighted by Gasteiger charge is 2.06. The molecule has 1 amide bonds. The molecule has 0 saturated heterocycles. The Morgan fingerprint density at radius 3 is 2.81 bits per heavy atom. The molecule has 2 heterocycles. The van der Waals surface area contributed by atoms with Crippen LogP contribution in [-0.2, 0) is 0 Å². The van der Waals surface area contributed by atoms with E-state index in [0.717, 1.165) is 0 Å². The number of pyridine rings is 2. The molecule has 16 heavy (non-hydrogen) atoms. The van der Waals surface area contributed by atoms with Gasteiger partial charge in [-0.1, -0.05) is 6.07 Å².